The molecular formula is C6H8ClNO2. The average Bonchev–Trinajstić information content (AvgIpc) is 2.34. The van der Waals surface area contributed by atoms with E-state index < -0.39 is 6.29 Å². The molecule has 0 fully saturated rings. The minimum absolute atomic E-state index is 0.481. The summed E-state index contributed by atoms with van der Waals surface area (Å²) in [7, 11) is 1.40. The van der Waals surface area contributed by atoms with Gasteiger partial charge in [0.15, 0.2) is 6.29 Å². The van der Waals surface area contributed by atoms with Gasteiger partial charge in [-0.1, -0.05) is 11.6 Å². The Balaban J connectivity index is 2.82. The number of H-pyrrole nitrogens is 1. The first-order chi connectivity index (χ1) is 4.75. The predicted octanol–water partition coefficient (Wildman–Crippen LogP) is 1.31. The highest BCUT2D eigenvalue weighted by atomic mass is 35.5. The van der Waals surface area contributed by atoms with Gasteiger partial charge in [0.25, 0.3) is 0 Å². The maximum atomic E-state index is 9.06. The minimum atomic E-state index is -0.956. The zero-order valence-electron chi connectivity index (χ0n) is 5.47. The van der Waals surface area contributed by atoms with E-state index in [9.17, 15) is 0 Å². The molecule has 0 aliphatic heterocycles. The Morgan fingerprint density at radius 3 is 2.90 bits per heavy atom. The zero-order valence-corrected chi connectivity index (χ0v) is 6.22. The van der Waals surface area contributed by atoms with E-state index in [1.165, 1.54) is 7.11 Å². The van der Waals surface area contributed by atoms with Crippen LogP contribution in [0.4, 0.5) is 0 Å². The SMILES string of the molecule is COC(O)c1[nH]ccc1Cl. The van der Waals surface area contributed by atoms with Gasteiger partial charge in [-0.05, 0) is 6.07 Å². The molecule has 1 aromatic heterocycles. The molecule has 0 saturated carbocycles. The molecule has 0 spiro atoms. The van der Waals surface area contributed by atoms with Gasteiger partial charge >= 0.3 is 0 Å². The molecule has 1 rings (SSSR count). The summed E-state index contributed by atoms with van der Waals surface area (Å²) < 4.78 is 4.62. The number of hydrogen-bond donors (Lipinski definition) is 2. The molecule has 1 unspecified atom stereocenters. The number of rotatable bonds is 2. The molecule has 0 aliphatic rings. The number of ether oxygens (including phenoxy) is 1. The lowest BCUT2D eigenvalue weighted by molar-refractivity contribution is -0.0794. The van der Waals surface area contributed by atoms with Gasteiger partial charge in [-0.3, -0.25) is 0 Å². The van der Waals surface area contributed by atoms with Crippen molar-refractivity contribution in [2.24, 2.45) is 0 Å². The number of aliphatic hydroxyl groups is 1. The highest BCUT2D eigenvalue weighted by Gasteiger charge is 2.09. The number of hydrogen-bond acceptors (Lipinski definition) is 2. The summed E-state index contributed by atoms with van der Waals surface area (Å²) in [6.45, 7) is 0. The van der Waals surface area contributed by atoms with Crippen LogP contribution in [0.25, 0.3) is 0 Å². The molecule has 0 amide bonds. The summed E-state index contributed by atoms with van der Waals surface area (Å²) in [6.07, 6.45) is 0.683. The molecule has 56 valence electrons. The lowest BCUT2D eigenvalue weighted by Crippen LogP contribution is -1.99. The van der Waals surface area contributed by atoms with E-state index in [2.05, 4.69) is 9.72 Å². The van der Waals surface area contributed by atoms with Crippen LogP contribution in [-0.2, 0) is 4.74 Å². The molecule has 0 radical (unpaired) electrons. The van der Waals surface area contributed by atoms with Gasteiger partial charge in [-0.2, -0.15) is 0 Å². The number of halogens is 1. The van der Waals surface area contributed by atoms with Crippen molar-refractivity contribution in [3.05, 3.63) is 23.0 Å². The van der Waals surface area contributed by atoms with Crippen molar-refractivity contribution in [3.63, 3.8) is 0 Å². The highest BCUT2D eigenvalue weighted by molar-refractivity contribution is 6.31. The molecule has 0 bridgehead atoms. The van der Waals surface area contributed by atoms with Crippen molar-refractivity contribution in [2.75, 3.05) is 7.11 Å². The van der Waals surface area contributed by atoms with Crippen molar-refractivity contribution in [1.29, 1.82) is 0 Å². The number of aliphatic hydroxyl groups excluding tert-OH is 1. The van der Waals surface area contributed by atoms with Gasteiger partial charge in [0.1, 0.15) is 0 Å². The molecule has 1 atom stereocenters. The second-order valence-electron chi connectivity index (χ2n) is 1.83. The predicted molar refractivity (Wildman–Crippen MR) is 37.8 cm³/mol. The van der Waals surface area contributed by atoms with Gasteiger partial charge in [0, 0.05) is 13.3 Å². The van der Waals surface area contributed by atoms with E-state index in [4.69, 9.17) is 16.7 Å². The second-order valence-corrected chi connectivity index (χ2v) is 2.23. The summed E-state index contributed by atoms with van der Waals surface area (Å²) in [6, 6.07) is 1.65. The second kappa shape index (κ2) is 3.05. The molecule has 0 saturated heterocycles. The highest BCUT2D eigenvalue weighted by Crippen LogP contribution is 2.20. The molecule has 1 aromatic rings. The normalized spacial score (nSPS) is 13.5. The third-order valence-electron chi connectivity index (χ3n) is 1.20. The fourth-order valence-electron chi connectivity index (χ4n) is 0.670. The largest absolute Gasteiger partial charge is 0.363 e. The van der Waals surface area contributed by atoms with Gasteiger partial charge in [0.05, 0.1) is 10.7 Å². The summed E-state index contributed by atoms with van der Waals surface area (Å²) in [5.74, 6) is 0. The average molecular weight is 162 g/mol. The lowest BCUT2D eigenvalue weighted by Gasteiger charge is -2.05. The van der Waals surface area contributed by atoms with E-state index in [1.807, 2.05) is 0 Å². The molecule has 0 aromatic carbocycles. The van der Waals surface area contributed by atoms with E-state index in [-0.39, 0.29) is 0 Å². The van der Waals surface area contributed by atoms with Gasteiger partial charge < -0.3 is 14.8 Å². The quantitative estimate of drug-likeness (QED) is 0.643. The Kier molecular flexibility index (Phi) is 2.32. The van der Waals surface area contributed by atoms with E-state index in [0.29, 0.717) is 10.7 Å². The molecule has 4 heteroatoms. The summed E-state index contributed by atoms with van der Waals surface area (Å²) in [5.41, 5.74) is 0.490. The first kappa shape index (κ1) is 7.60. The molecule has 3 nitrogen and oxygen atoms in total. The summed E-state index contributed by atoms with van der Waals surface area (Å²) in [4.78, 5) is 2.75. The van der Waals surface area contributed by atoms with Crippen molar-refractivity contribution in [1.82, 2.24) is 4.98 Å². The van der Waals surface area contributed by atoms with Crippen LogP contribution in [0.3, 0.4) is 0 Å². The van der Waals surface area contributed by atoms with Gasteiger partial charge in [0.2, 0.25) is 0 Å². The Labute approximate surface area is 63.6 Å². The van der Waals surface area contributed by atoms with Crippen LogP contribution in [0, 0.1) is 0 Å². The van der Waals surface area contributed by atoms with E-state index >= 15 is 0 Å². The third kappa shape index (κ3) is 1.31. The molecule has 0 aliphatic carbocycles. The van der Waals surface area contributed by atoms with Gasteiger partial charge in [-0.25, -0.2) is 0 Å². The lowest BCUT2D eigenvalue weighted by atomic mass is 10.4. The smallest absolute Gasteiger partial charge is 0.197 e. The van der Waals surface area contributed by atoms with Crippen molar-refractivity contribution >= 4 is 11.6 Å². The van der Waals surface area contributed by atoms with Crippen LogP contribution < -0.4 is 0 Å². The first-order valence-electron chi connectivity index (χ1n) is 2.79. The first-order valence-corrected chi connectivity index (χ1v) is 3.17. The number of nitrogens with one attached hydrogen (secondary N) is 1. The van der Waals surface area contributed by atoms with Gasteiger partial charge in [-0.15, -0.1) is 0 Å². The monoisotopic (exact) mass is 161 g/mol. The van der Waals surface area contributed by atoms with Crippen LogP contribution in [0.15, 0.2) is 12.3 Å². The number of methoxy groups -OCH3 is 1. The minimum Gasteiger partial charge on any atom is -0.363 e. The Morgan fingerprint density at radius 1 is 1.80 bits per heavy atom. The van der Waals surface area contributed by atoms with Crippen LogP contribution in [0.5, 0.6) is 0 Å². The van der Waals surface area contributed by atoms with E-state index in [1.54, 1.807) is 12.3 Å². The molecule has 10 heavy (non-hydrogen) atoms. The fraction of sp³-hybridized carbons (Fsp3) is 0.333. The zero-order chi connectivity index (χ0) is 7.56. The van der Waals surface area contributed by atoms with Crippen LogP contribution in [-0.4, -0.2) is 17.2 Å². The molecule has 2 N–H and O–H groups in total. The standard InChI is InChI=1S/C6H8ClNO2/c1-10-6(9)5-4(7)2-3-8-5/h2-3,6,8-9H,1H3. The van der Waals surface area contributed by atoms with Crippen molar-refractivity contribution < 1.29 is 9.84 Å². The maximum Gasteiger partial charge on any atom is 0.197 e. The van der Waals surface area contributed by atoms with Crippen LogP contribution >= 0.6 is 11.6 Å². The maximum absolute atomic E-state index is 9.06. The molecule has 1 heterocycles. The Morgan fingerprint density at radius 2 is 2.50 bits per heavy atom. The van der Waals surface area contributed by atoms with Crippen LogP contribution in [0.2, 0.25) is 5.02 Å². The number of aromatic nitrogens is 1. The Bertz CT molecular complexity index is 211. The topological polar surface area (TPSA) is 45.2 Å². The van der Waals surface area contributed by atoms with Crippen molar-refractivity contribution in [3.8, 4) is 0 Å². The van der Waals surface area contributed by atoms with Crippen LogP contribution in [0.1, 0.15) is 12.0 Å². The fourth-order valence-corrected chi connectivity index (χ4v) is 0.881. The van der Waals surface area contributed by atoms with Crippen molar-refractivity contribution in [2.45, 2.75) is 6.29 Å². The summed E-state index contributed by atoms with van der Waals surface area (Å²) >= 11 is 5.64. The van der Waals surface area contributed by atoms with E-state index in [0.717, 1.165) is 0 Å². The number of aromatic amines is 1. The summed E-state index contributed by atoms with van der Waals surface area (Å²) in [5, 5.41) is 9.54. The third-order valence-corrected chi connectivity index (χ3v) is 1.53. The Hall–Kier alpha value is -0.510. The molecular weight excluding hydrogens is 154 g/mol.